The Kier molecular flexibility index (Phi) is 4.75. The van der Waals surface area contributed by atoms with Gasteiger partial charge in [-0.2, -0.15) is 4.98 Å². The predicted molar refractivity (Wildman–Crippen MR) is 71.2 cm³/mol. The Morgan fingerprint density at radius 3 is 2.95 bits per heavy atom. The van der Waals surface area contributed by atoms with Crippen LogP contribution in [0, 0.1) is 0 Å². The molecule has 2 aromatic heterocycles. The number of carbonyl (C=O) groups excluding carboxylic acids is 1. The minimum Gasteiger partial charge on any atom is -0.478 e. The monoisotopic (exact) mass is 288 g/mol. The van der Waals surface area contributed by atoms with Crippen LogP contribution >= 0.6 is 0 Å². The Balaban J connectivity index is 1.92. The standard InChI is InChI=1S/C13H12N4O4/c18-12(19)2-1-9-5-10(7-14-6-9)13(20)15-4-3-11-16-8-17-21-11/h1-2,5-8H,3-4H2,(H,15,20)(H,18,19)/b2-1+. The molecule has 0 atom stereocenters. The predicted octanol–water partition coefficient (Wildman–Crippen LogP) is 0.535. The van der Waals surface area contributed by atoms with E-state index in [0.717, 1.165) is 6.08 Å². The summed E-state index contributed by atoms with van der Waals surface area (Å²) in [5, 5.41) is 14.7. The molecule has 0 aliphatic rings. The fourth-order valence-corrected chi connectivity index (χ4v) is 1.53. The molecule has 8 nitrogen and oxygen atoms in total. The number of rotatable bonds is 6. The van der Waals surface area contributed by atoms with Gasteiger partial charge in [-0.15, -0.1) is 0 Å². The van der Waals surface area contributed by atoms with Gasteiger partial charge in [0.2, 0.25) is 5.89 Å². The summed E-state index contributed by atoms with van der Waals surface area (Å²) in [6.45, 7) is 0.343. The van der Waals surface area contributed by atoms with Gasteiger partial charge in [0, 0.05) is 31.4 Å². The molecule has 1 amide bonds. The lowest BCUT2D eigenvalue weighted by molar-refractivity contribution is -0.131. The fraction of sp³-hybridized carbons (Fsp3) is 0.154. The number of nitrogens with zero attached hydrogens (tertiary/aromatic N) is 3. The van der Waals surface area contributed by atoms with Crippen molar-refractivity contribution in [3.05, 3.63) is 47.9 Å². The molecule has 0 aliphatic carbocycles. The van der Waals surface area contributed by atoms with Crippen LogP contribution in [-0.2, 0) is 11.2 Å². The van der Waals surface area contributed by atoms with E-state index in [9.17, 15) is 9.59 Å². The van der Waals surface area contributed by atoms with Crippen LogP contribution < -0.4 is 5.32 Å². The highest BCUT2D eigenvalue weighted by molar-refractivity contribution is 5.94. The summed E-state index contributed by atoms with van der Waals surface area (Å²) in [5.74, 6) is -0.941. The largest absolute Gasteiger partial charge is 0.478 e. The molecular weight excluding hydrogens is 276 g/mol. The molecule has 0 saturated heterocycles. The number of carboxylic acid groups (broad SMARTS) is 1. The number of pyridine rings is 1. The summed E-state index contributed by atoms with van der Waals surface area (Å²) in [6, 6.07) is 1.55. The van der Waals surface area contributed by atoms with Crippen molar-refractivity contribution < 1.29 is 19.2 Å². The van der Waals surface area contributed by atoms with Crippen LogP contribution in [0.4, 0.5) is 0 Å². The molecule has 0 aromatic carbocycles. The van der Waals surface area contributed by atoms with Crippen LogP contribution in [0.15, 0.2) is 35.4 Å². The van der Waals surface area contributed by atoms with Gasteiger partial charge in [0.15, 0.2) is 6.33 Å². The summed E-state index contributed by atoms with van der Waals surface area (Å²) >= 11 is 0. The first-order valence-corrected chi connectivity index (χ1v) is 6.05. The lowest BCUT2D eigenvalue weighted by Crippen LogP contribution is -2.25. The quantitative estimate of drug-likeness (QED) is 0.744. The summed E-state index contributed by atoms with van der Waals surface area (Å²) in [5.41, 5.74) is 0.870. The van der Waals surface area contributed by atoms with E-state index in [0.29, 0.717) is 30.0 Å². The minimum absolute atomic E-state index is 0.312. The summed E-state index contributed by atoms with van der Waals surface area (Å²) in [6.07, 6.45) is 6.94. The number of aliphatic carboxylic acids is 1. The lowest BCUT2D eigenvalue weighted by Gasteiger charge is -2.03. The third-order valence-corrected chi connectivity index (χ3v) is 2.47. The van der Waals surface area contributed by atoms with E-state index in [1.54, 1.807) is 6.07 Å². The van der Waals surface area contributed by atoms with Gasteiger partial charge in [-0.1, -0.05) is 5.16 Å². The zero-order valence-corrected chi connectivity index (χ0v) is 10.9. The molecule has 0 aliphatic heterocycles. The van der Waals surface area contributed by atoms with Crippen LogP contribution in [0.2, 0.25) is 0 Å². The second kappa shape index (κ2) is 6.94. The molecule has 8 heteroatoms. The zero-order chi connectivity index (χ0) is 15.1. The smallest absolute Gasteiger partial charge is 0.328 e. The lowest BCUT2D eigenvalue weighted by atomic mass is 10.2. The number of carboxylic acids is 1. The van der Waals surface area contributed by atoms with Gasteiger partial charge < -0.3 is 14.9 Å². The van der Waals surface area contributed by atoms with E-state index >= 15 is 0 Å². The highest BCUT2D eigenvalue weighted by Crippen LogP contribution is 2.05. The molecule has 0 spiro atoms. The molecule has 0 fully saturated rings. The number of amides is 1. The van der Waals surface area contributed by atoms with Crippen LogP contribution in [0.25, 0.3) is 6.08 Å². The van der Waals surface area contributed by atoms with Crippen molar-refractivity contribution in [2.75, 3.05) is 6.54 Å². The molecule has 0 bridgehead atoms. The van der Waals surface area contributed by atoms with Gasteiger partial charge in [-0.25, -0.2) is 4.79 Å². The van der Waals surface area contributed by atoms with E-state index in [4.69, 9.17) is 9.63 Å². The maximum absolute atomic E-state index is 11.9. The van der Waals surface area contributed by atoms with E-state index in [2.05, 4.69) is 20.4 Å². The van der Waals surface area contributed by atoms with E-state index in [1.165, 1.54) is 24.8 Å². The summed E-state index contributed by atoms with van der Waals surface area (Å²) in [4.78, 5) is 30.1. The maximum Gasteiger partial charge on any atom is 0.328 e. The van der Waals surface area contributed by atoms with Crippen LogP contribution in [0.5, 0.6) is 0 Å². The van der Waals surface area contributed by atoms with Crippen molar-refractivity contribution in [2.24, 2.45) is 0 Å². The number of aromatic nitrogens is 3. The highest BCUT2D eigenvalue weighted by Gasteiger charge is 2.07. The van der Waals surface area contributed by atoms with E-state index < -0.39 is 5.97 Å². The highest BCUT2D eigenvalue weighted by atomic mass is 16.5. The van der Waals surface area contributed by atoms with Crippen LogP contribution in [0.3, 0.4) is 0 Å². The van der Waals surface area contributed by atoms with Crippen LogP contribution in [0.1, 0.15) is 21.8 Å². The molecule has 2 heterocycles. The zero-order valence-electron chi connectivity index (χ0n) is 10.9. The van der Waals surface area contributed by atoms with Gasteiger partial charge in [-0.05, 0) is 17.7 Å². The number of hydrogen-bond donors (Lipinski definition) is 2. The first-order valence-electron chi connectivity index (χ1n) is 6.05. The maximum atomic E-state index is 11.9. The molecule has 0 saturated carbocycles. The van der Waals surface area contributed by atoms with Crippen molar-refractivity contribution in [2.45, 2.75) is 6.42 Å². The van der Waals surface area contributed by atoms with Crippen molar-refractivity contribution >= 4 is 18.0 Å². The van der Waals surface area contributed by atoms with E-state index in [1.807, 2.05) is 0 Å². The molecule has 21 heavy (non-hydrogen) atoms. The Labute approximate surface area is 119 Å². The number of hydrogen-bond acceptors (Lipinski definition) is 6. The Hall–Kier alpha value is -3.03. The van der Waals surface area contributed by atoms with Gasteiger partial charge in [-0.3, -0.25) is 9.78 Å². The molecular formula is C13H12N4O4. The topological polar surface area (TPSA) is 118 Å². The first-order chi connectivity index (χ1) is 10.1. The Morgan fingerprint density at radius 1 is 1.38 bits per heavy atom. The van der Waals surface area contributed by atoms with E-state index in [-0.39, 0.29) is 5.91 Å². The van der Waals surface area contributed by atoms with Crippen LogP contribution in [-0.4, -0.2) is 38.7 Å². The normalized spacial score (nSPS) is 10.7. The second-order valence-electron chi connectivity index (χ2n) is 4.02. The average molecular weight is 288 g/mol. The third kappa shape index (κ3) is 4.53. The SMILES string of the molecule is O=C(O)/C=C/c1cncc(C(=O)NCCc2ncno2)c1. The number of nitrogens with one attached hydrogen (secondary N) is 1. The Bertz CT molecular complexity index is 652. The molecule has 2 N–H and O–H groups in total. The summed E-state index contributed by atoms with van der Waals surface area (Å²) in [7, 11) is 0. The molecule has 108 valence electrons. The molecule has 0 radical (unpaired) electrons. The van der Waals surface area contributed by atoms with Crippen molar-refractivity contribution in [3.63, 3.8) is 0 Å². The Morgan fingerprint density at radius 2 is 2.24 bits per heavy atom. The summed E-state index contributed by atoms with van der Waals surface area (Å²) < 4.78 is 4.80. The second-order valence-corrected chi connectivity index (χ2v) is 4.02. The van der Waals surface area contributed by atoms with Gasteiger partial charge in [0.05, 0.1) is 5.56 Å². The first kappa shape index (κ1) is 14.4. The molecule has 2 aromatic rings. The van der Waals surface area contributed by atoms with Crippen molar-refractivity contribution in [1.29, 1.82) is 0 Å². The van der Waals surface area contributed by atoms with Gasteiger partial charge in [0.25, 0.3) is 5.91 Å². The van der Waals surface area contributed by atoms with Crippen molar-refractivity contribution in [3.8, 4) is 0 Å². The minimum atomic E-state index is -1.07. The molecule has 2 rings (SSSR count). The van der Waals surface area contributed by atoms with Crippen molar-refractivity contribution in [1.82, 2.24) is 20.4 Å². The van der Waals surface area contributed by atoms with Gasteiger partial charge in [0.1, 0.15) is 0 Å². The third-order valence-electron chi connectivity index (χ3n) is 2.47. The number of carbonyl (C=O) groups is 2. The molecule has 0 unspecified atom stereocenters. The average Bonchev–Trinajstić information content (AvgIpc) is 2.98. The fourth-order valence-electron chi connectivity index (χ4n) is 1.53. The van der Waals surface area contributed by atoms with Gasteiger partial charge >= 0.3 is 5.97 Å².